The van der Waals surface area contributed by atoms with E-state index >= 15 is 0 Å². The number of aliphatic hydroxyl groups is 1. The summed E-state index contributed by atoms with van der Waals surface area (Å²) in [7, 11) is 1.74. The van der Waals surface area contributed by atoms with E-state index in [4.69, 9.17) is 4.74 Å². The summed E-state index contributed by atoms with van der Waals surface area (Å²) in [6.07, 6.45) is 9.04. The second-order valence-electron chi connectivity index (χ2n) is 10.8. The molecule has 210 valence electrons. The summed E-state index contributed by atoms with van der Waals surface area (Å²) in [5.74, 6) is -1.98. The van der Waals surface area contributed by atoms with Crippen LogP contribution < -0.4 is 9.80 Å². The molecule has 0 aromatic heterocycles. The van der Waals surface area contributed by atoms with Crippen molar-refractivity contribution in [1.82, 2.24) is 9.80 Å². The predicted octanol–water partition coefficient (Wildman–Crippen LogP) is 2.21. The fourth-order valence-electron chi connectivity index (χ4n) is 6.74. The SMILES string of the molecule is CCN(CC)c1ccc(N2CC=C[C@]34O[C@@H]5C=CCN(C)C(=O)[C@@H]5[C@H]3C(=O)N(CCCCCO)C4C2=O)cc1. The number of rotatable bonds is 9. The summed E-state index contributed by atoms with van der Waals surface area (Å²) in [5, 5.41) is 9.24. The zero-order valence-corrected chi connectivity index (χ0v) is 23.2. The standard InChI is InChI=1S/C30H40N4O5/c1-4-32(5-2)21-12-14-22(15-13-21)33-19-10-16-30-25(24-23(39-30)11-9-17-31(3)27(24)36)28(37)34(26(30)29(33)38)18-7-6-8-20-35/h9-16,23-26,35H,4-8,17-20H2,1-3H3/t23-,24+,25+,26?,30+/m1/s1. The van der Waals surface area contributed by atoms with Crippen LogP contribution in [0.2, 0.25) is 0 Å². The molecule has 9 nitrogen and oxygen atoms in total. The highest BCUT2D eigenvalue weighted by Gasteiger charge is 2.71. The maximum absolute atomic E-state index is 14.4. The van der Waals surface area contributed by atoms with Crippen molar-refractivity contribution in [2.24, 2.45) is 11.8 Å². The van der Waals surface area contributed by atoms with E-state index in [1.807, 2.05) is 48.6 Å². The number of unbranched alkanes of at least 4 members (excludes halogenated alkanes) is 2. The molecule has 9 heteroatoms. The molecule has 1 aromatic carbocycles. The molecule has 1 N–H and O–H groups in total. The van der Waals surface area contributed by atoms with E-state index in [0.29, 0.717) is 32.5 Å². The molecule has 4 aliphatic heterocycles. The van der Waals surface area contributed by atoms with E-state index in [1.54, 1.807) is 21.7 Å². The quantitative estimate of drug-likeness (QED) is 0.384. The molecule has 0 saturated carbocycles. The Balaban J connectivity index is 1.52. The number of aliphatic hydroxyl groups excluding tert-OH is 1. The van der Waals surface area contributed by atoms with E-state index in [1.165, 1.54) is 0 Å². The predicted molar refractivity (Wildman–Crippen MR) is 149 cm³/mol. The number of carbonyl (C=O) groups is 3. The number of hydrogen-bond donors (Lipinski definition) is 1. The summed E-state index contributed by atoms with van der Waals surface area (Å²) in [6.45, 7) is 7.28. The molecule has 2 fully saturated rings. The lowest BCUT2D eigenvalue weighted by molar-refractivity contribution is -0.143. The number of carbonyl (C=O) groups excluding carboxylic acids is 3. The molecule has 4 aliphatic rings. The van der Waals surface area contributed by atoms with E-state index in [2.05, 4.69) is 18.7 Å². The fourth-order valence-corrected chi connectivity index (χ4v) is 6.74. The van der Waals surface area contributed by atoms with Gasteiger partial charge in [0.05, 0.1) is 17.9 Å². The van der Waals surface area contributed by atoms with E-state index < -0.39 is 29.6 Å². The third-order valence-electron chi connectivity index (χ3n) is 8.71. The number of amides is 3. The van der Waals surface area contributed by atoms with Crippen molar-refractivity contribution in [3.05, 3.63) is 48.6 Å². The summed E-state index contributed by atoms with van der Waals surface area (Å²) in [5.41, 5.74) is 0.638. The van der Waals surface area contributed by atoms with Crippen molar-refractivity contribution in [1.29, 1.82) is 0 Å². The van der Waals surface area contributed by atoms with Crippen molar-refractivity contribution in [2.45, 2.75) is 50.9 Å². The normalized spacial score (nSPS) is 29.8. The lowest BCUT2D eigenvalue weighted by Gasteiger charge is -2.35. The van der Waals surface area contributed by atoms with Crippen molar-refractivity contribution in [2.75, 3.05) is 56.2 Å². The van der Waals surface area contributed by atoms with Crippen molar-refractivity contribution in [3.63, 3.8) is 0 Å². The number of anilines is 2. The summed E-state index contributed by atoms with van der Waals surface area (Å²) in [6, 6.07) is 7.09. The van der Waals surface area contributed by atoms with Gasteiger partial charge in [-0.15, -0.1) is 0 Å². The van der Waals surface area contributed by atoms with Gasteiger partial charge in [-0.25, -0.2) is 0 Å². The first-order chi connectivity index (χ1) is 18.9. The van der Waals surface area contributed by atoms with Gasteiger partial charge in [0.1, 0.15) is 11.6 Å². The molecule has 4 heterocycles. The maximum Gasteiger partial charge on any atom is 0.253 e. The molecular weight excluding hydrogens is 496 g/mol. The first kappa shape index (κ1) is 27.4. The molecule has 39 heavy (non-hydrogen) atoms. The van der Waals surface area contributed by atoms with Crippen LogP contribution in [0.3, 0.4) is 0 Å². The van der Waals surface area contributed by atoms with Crippen LogP contribution in [-0.2, 0) is 19.1 Å². The maximum atomic E-state index is 14.4. The fraction of sp³-hybridized carbons (Fsp3) is 0.567. The highest BCUT2D eigenvalue weighted by atomic mass is 16.5. The zero-order valence-electron chi connectivity index (χ0n) is 23.2. The Kier molecular flexibility index (Phi) is 7.82. The molecule has 1 spiro atoms. The van der Waals surface area contributed by atoms with Gasteiger partial charge in [-0.1, -0.05) is 24.3 Å². The number of nitrogens with zero attached hydrogens (tertiary/aromatic N) is 4. The zero-order chi connectivity index (χ0) is 27.7. The molecule has 0 bridgehead atoms. The molecular formula is C30H40N4O5. The van der Waals surface area contributed by atoms with Crippen LogP contribution in [0.1, 0.15) is 33.1 Å². The lowest BCUT2D eigenvalue weighted by atomic mass is 9.77. The van der Waals surface area contributed by atoms with Gasteiger partial charge in [0.15, 0.2) is 0 Å². The second kappa shape index (κ2) is 11.1. The highest BCUT2D eigenvalue weighted by molar-refractivity contribution is 6.05. The monoisotopic (exact) mass is 536 g/mol. The summed E-state index contributed by atoms with van der Waals surface area (Å²) < 4.78 is 6.64. The smallest absolute Gasteiger partial charge is 0.253 e. The van der Waals surface area contributed by atoms with Crippen LogP contribution in [0, 0.1) is 11.8 Å². The number of ether oxygens (including phenoxy) is 1. The van der Waals surface area contributed by atoms with Gasteiger partial charge < -0.3 is 29.4 Å². The van der Waals surface area contributed by atoms with Crippen LogP contribution >= 0.6 is 0 Å². The Hall–Kier alpha value is -3.17. The largest absolute Gasteiger partial charge is 0.396 e. The molecule has 3 amide bonds. The van der Waals surface area contributed by atoms with E-state index in [9.17, 15) is 19.5 Å². The first-order valence-electron chi connectivity index (χ1n) is 14.2. The Labute approximate surface area is 230 Å². The van der Waals surface area contributed by atoms with E-state index in [0.717, 1.165) is 30.9 Å². The van der Waals surface area contributed by atoms with Gasteiger partial charge in [0, 0.05) is 57.8 Å². The third-order valence-corrected chi connectivity index (χ3v) is 8.71. The Morgan fingerprint density at radius 2 is 1.72 bits per heavy atom. The van der Waals surface area contributed by atoms with Crippen LogP contribution in [0.25, 0.3) is 0 Å². The Morgan fingerprint density at radius 1 is 0.974 bits per heavy atom. The van der Waals surface area contributed by atoms with Gasteiger partial charge in [-0.2, -0.15) is 0 Å². The van der Waals surface area contributed by atoms with Crippen molar-refractivity contribution < 1.29 is 24.2 Å². The molecule has 0 aliphatic carbocycles. The average molecular weight is 537 g/mol. The number of benzene rings is 1. The minimum absolute atomic E-state index is 0.0862. The molecule has 5 rings (SSSR count). The number of likely N-dealkylation sites (tertiary alicyclic amines) is 1. The Bertz CT molecular complexity index is 1150. The summed E-state index contributed by atoms with van der Waals surface area (Å²) in [4.78, 5) is 49.2. The number of likely N-dealkylation sites (N-methyl/N-ethyl adjacent to an activating group) is 1. The molecule has 5 atom stereocenters. The number of fused-ring (bicyclic) bond motifs is 2. The second-order valence-corrected chi connectivity index (χ2v) is 10.8. The molecule has 1 unspecified atom stereocenters. The molecule has 2 saturated heterocycles. The van der Waals surface area contributed by atoms with Gasteiger partial charge in [-0.3, -0.25) is 14.4 Å². The number of hydrogen-bond acceptors (Lipinski definition) is 6. The van der Waals surface area contributed by atoms with Crippen molar-refractivity contribution in [3.8, 4) is 0 Å². The van der Waals surface area contributed by atoms with Crippen LogP contribution in [-0.4, -0.2) is 96.8 Å². The van der Waals surface area contributed by atoms with Gasteiger partial charge in [-0.05, 0) is 57.4 Å². The first-order valence-corrected chi connectivity index (χ1v) is 14.2. The average Bonchev–Trinajstić information content (AvgIpc) is 3.26. The Morgan fingerprint density at radius 3 is 2.41 bits per heavy atom. The van der Waals surface area contributed by atoms with Crippen molar-refractivity contribution >= 4 is 29.1 Å². The van der Waals surface area contributed by atoms with Gasteiger partial charge in [0.25, 0.3) is 5.91 Å². The van der Waals surface area contributed by atoms with Gasteiger partial charge >= 0.3 is 0 Å². The third kappa shape index (κ3) is 4.55. The minimum atomic E-state index is -1.21. The van der Waals surface area contributed by atoms with Gasteiger partial charge in [0.2, 0.25) is 11.8 Å². The summed E-state index contributed by atoms with van der Waals surface area (Å²) >= 11 is 0. The van der Waals surface area contributed by atoms with Crippen LogP contribution in [0.5, 0.6) is 0 Å². The molecule has 1 aromatic rings. The van der Waals surface area contributed by atoms with Crippen LogP contribution in [0.4, 0.5) is 11.4 Å². The van der Waals surface area contributed by atoms with Crippen LogP contribution in [0.15, 0.2) is 48.6 Å². The lowest BCUT2D eigenvalue weighted by Crippen LogP contribution is -2.55. The minimum Gasteiger partial charge on any atom is -0.396 e. The molecule has 0 radical (unpaired) electrons. The topological polar surface area (TPSA) is 93.6 Å². The van der Waals surface area contributed by atoms with E-state index in [-0.39, 0.29) is 24.3 Å². The highest BCUT2D eigenvalue weighted by Crippen LogP contribution is 2.53.